The largest absolute Gasteiger partial charge is 0.395 e. The molecular weight excluding hydrogens is 304 g/mol. The molecule has 0 aromatic carbocycles. The van der Waals surface area contributed by atoms with Gasteiger partial charge in [0, 0.05) is 26.4 Å². The highest BCUT2D eigenvalue weighted by atomic mass is 28.4. The average Bonchev–Trinajstić information content (AvgIpc) is 2.52. The second-order valence-corrected chi connectivity index (χ2v) is 9.61. The molecule has 4 heteroatoms. The second kappa shape index (κ2) is 16.7. The third-order valence-electron chi connectivity index (χ3n) is 4.02. The van der Waals surface area contributed by atoms with E-state index in [4.69, 9.17) is 13.6 Å². The van der Waals surface area contributed by atoms with Gasteiger partial charge in [-0.1, -0.05) is 38.2 Å². The van der Waals surface area contributed by atoms with Crippen LogP contribution in [0.5, 0.6) is 0 Å². The number of hydrogen-bond acceptors (Lipinski definition) is 3. The molecule has 0 radical (unpaired) electrons. The molecule has 0 unspecified atom stereocenters. The van der Waals surface area contributed by atoms with E-state index >= 15 is 0 Å². The summed E-state index contributed by atoms with van der Waals surface area (Å²) in [5.74, 6) is 0. The third kappa shape index (κ3) is 15.1. The zero-order chi connectivity index (χ0) is 17.2. The van der Waals surface area contributed by atoms with Crippen LogP contribution in [0.2, 0.25) is 12.6 Å². The summed E-state index contributed by atoms with van der Waals surface area (Å²) < 4.78 is 17.4. The highest BCUT2D eigenvalue weighted by Gasteiger charge is 2.29. The number of hydrogen-bond donors (Lipinski definition) is 0. The third-order valence-corrected chi connectivity index (χ3v) is 7.08. The van der Waals surface area contributed by atoms with E-state index in [0.29, 0.717) is 0 Å². The van der Waals surface area contributed by atoms with E-state index in [2.05, 4.69) is 13.1 Å². The van der Waals surface area contributed by atoms with E-state index in [1.807, 2.05) is 19.9 Å². The van der Waals surface area contributed by atoms with E-state index in [1.165, 1.54) is 51.4 Å². The Morgan fingerprint density at radius 2 is 1.30 bits per heavy atom. The molecule has 0 saturated carbocycles. The monoisotopic (exact) mass is 344 g/mol. The van der Waals surface area contributed by atoms with Crippen molar-refractivity contribution in [3.63, 3.8) is 0 Å². The summed E-state index contributed by atoms with van der Waals surface area (Å²) >= 11 is 0. The molecule has 0 N–H and O–H groups in total. The first-order valence-electron chi connectivity index (χ1n) is 9.65. The summed E-state index contributed by atoms with van der Waals surface area (Å²) in [6.45, 7) is 13.2. The highest BCUT2D eigenvalue weighted by Crippen LogP contribution is 2.16. The van der Waals surface area contributed by atoms with Gasteiger partial charge in [0.1, 0.15) is 0 Å². The molecule has 0 bridgehead atoms. The molecule has 0 amide bonds. The standard InChI is InChI=1S/C19H40O3Si/c1-5-8-9-10-11-12-13-14-15-17-20-18-16-19-23(4,21-6-2)22-7-3/h5H,1,6-19H2,2-4H3. The van der Waals surface area contributed by atoms with Gasteiger partial charge in [-0.2, -0.15) is 0 Å². The smallest absolute Gasteiger partial charge is 0.334 e. The maximum atomic E-state index is 5.83. The molecule has 0 aliphatic carbocycles. The minimum Gasteiger partial charge on any atom is -0.395 e. The molecule has 0 saturated heterocycles. The molecule has 0 spiro atoms. The van der Waals surface area contributed by atoms with Gasteiger partial charge >= 0.3 is 8.56 Å². The number of ether oxygens (including phenoxy) is 1. The Labute approximate surface area is 146 Å². The van der Waals surface area contributed by atoms with Gasteiger partial charge in [-0.25, -0.2) is 0 Å². The van der Waals surface area contributed by atoms with Gasteiger partial charge in [0.05, 0.1) is 0 Å². The van der Waals surface area contributed by atoms with Gasteiger partial charge in [-0.15, -0.1) is 6.58 Å². The van der Waals surface area contributed by atoms with E-state index in [9.17, 15) is 0 Å². The fourth-order valence-corrected chi connectivity index (χ4v) is 5.15. The molecule has 0 rings (SSSR count). The number of unbranched alkanes of at least 4 members (excludes halogenated alkanes) is 7. The van der Waals surface area contributed by atoms with Crippen molar-refractivity contribution < 1.29 is 13.6 Å². The average molecular weight is 345 g/mol. The molecule has 138 valence electrons. The highest BCUT2D eigenvalue weighted by molar-refractivity contribution is 6.66. The molecule has 0 heterocycles. The lowest BCUT2D eigenvalue weighted by molar-refractivity contribution is 0.125. The van der Waals surface area contributed by atoms with Crippen LogP contribution in [0.25, 0.3) is 0 Å². The minimum atomic E-state index is -1.94. The molecule has 0 atom stereocenters. The fraction of sp³-hybridized carbons (Fsp3) is 0.895. The molecular formula is C19H40O3Si. The molecule has 3 nitrogen and oxygen atoms in total. The van der Waals surface area contributed by atoms with E-state index < -0.39 is 8.56 Å². The Hall–Kier alpha value is -0.163. The van der Waals surface area contributed by atoms with E-state index in [0.717, 1.165) is 38.9 Å². The zero-order valence-corrected chi connectivity index (χ0v) is 16.9. The normalized spacial score (nSPS) is 11.8. The lowest BCUT2D eigenvalue weighted by atomic mass is 10.1. The van der Waals surface area contributed by atoms with Crippen molar-refractivity contribution in [2.45, 2.75) is 84.2 Å². The van der Waals surface area contributed by atoms with Crippen molar-refractivity contribution in [3.8, 4) is 0 Å². The Kier molecular flexibility index (Phi) is 16.6. The molecule has 0 fully saturated rings. The van der Waals surface area contributed by atoms with E-state index in [1.54, 1.807) is 0 Å². The van der Waals surface area contributed by atoms with Crippen molar-refractivity contribution in [2.24, 2.45) is 0 Å². The van der Waals surface area contributed by atoms with E-state index in [-0.39, 0.29) is 0 Å². The topological polar surface area (TPSA) is 27.7 Å². The molecule has 0 aliphatic rings. The summed E-state index contributed by atoms with van der Waals surface area (Å²) in [4.78, 5) is 0. The quantitative estimate of drug-likeness (QED) is 0.177. The lowest BCUT2D eigenvalue weighted by Crippen LogP contribution is -2.38. The maximum absolute atomic E-state index is 5.83. The van der Waals surface area contributed by atoms with Crippen LogP contribution in [-0.2, 0) is 13.6 Å². The fourth-order valence-electron chi connectivity index (χ4n) is 2.77. The SMILES string of the molecule is C=CCCCCCCCCCOCCC[Si](C)(OCC)OCC. The lowest BCUT2D eigenvalue weighted by Gasteiger charge is -2.25. The van der Waals surface area contributed by atoms with Crippen molar-refractivity contribution in [1.29, 1.82) is 0 Å². The second-order valence-electron chi connectivity index (χ2n) is 6.27. The predicted molar refractivity (Wildman–Crippen MR) is 102 cm³/mol. The molecule has 0 aromatic rings. The Morgan fingerprint density at radius 1 is 0.783 bits per heavy atom. The van der Waals surface area contributed by atoms with Gasteiger partial charge in [0.15, 0.2) is 0 Å². The Morgan fingerprint density at radius 3 is 1.87 bits per heavy atom. The van der Waals surface area contributed by atoms with Crippen LogP contribution in [0.4, 0.5) is 0 Å². The van der Waals surface area contributed by atoms with Crippen LogP contribution in [0.1, 0.15) is 71.6 Å². The van der Waals surface area contributed by atoms with Crippen molar-refractivity contribution in [2.75, 3.05) is 26.4 Å². The number of rotatable bonds is 18. The first-order valence-corrected chi connectivity index (χ1v) is 12.2. The van der Waals surface area contributed by atoms with Crippen molar-refractivity contribution in [1.82, 2.24) is 0 Å². The van der Waals surface area contributed by atoms with Gasteiger partial charge in [0.25, 0.3) is 0 Å². The molecule has 0 aromatic heterocycles. The first kappa shape index (κ1) is 22.8. The van der Waals surface area contributed by atoms with Crippen LogP contribution in [0.15, 0.2) is 12.7 Å². The van der Waals surface area contributed by atoms with Crippen LogP contribution < -0.4 is 0 Å². The van der Waals surface area contributed by atoms with Crippen LogP contribution in [0.3, 0.4) is 0 Å². The summed E-state index contributed by atoms with van der Waals surface area (Å²) in [5.41, 5.74) is 0. The minimum absolute atomic E-state index is 0.747. The van der Waals surface area contributed by atoms with Gasteiger partial charge in [-0.05, 0) is 52.1 Å². The molecule has 23 heavy (non-hydrogen) atoms. The van der Waals surface area contributed by atoms with Crippen molar-refractivity contribution in [3.05, 3.63) is 12.7 Å². The van der Waals surface area contributed by atoms with Crippen LogP contribution in [0, 0.1) is 0 Å². The number of allylic oxidation sites excluding steroid dienone is 1. The van der Waals surface area contributed by atoms with Crippen LogP contribution in [-0.4, -0.2) is 35.0 Å². The molecule has 0 aliphatic heterocycles. The Bertz CT molecular complexity index is 253. The van der Waals surface area contributed by atoms with Gasteiger partial charge in [-0.3, -0.25) is 0 Å². The zero-order valence-electron chi connectivity index (χ0n) is 15.9. The summed E-state index contributed by atoms with van der Waals surface area (Å²) in [5, 5.41) is 0. The van der Waals surface area contributed by atoms with Gasteiger partial charge < -0.3 is 13.6 Å². The van der Waals surface area contributed by atoms with Crippen molar-refractivity contribution >= 4 is 8.56 Å². The first-order chi connectivity index (χ1) is 11.2. The maximum Gasteiger partial charge on any atom is 0.334 e. The van der Waals surface area contributed by atoms with Crippen LogP contribution >= 0.6 is 0 Å². The Balaban J connectivity index is 3.33. The van der Waals surface area contributed by atoms with Gasteiger partial charge in [0.2, 0.25) is 0 Å². The predicted octanol–water partition coefficient (Wildman–Crippen LogP) is 5.84. The summed E-state index contributed by atoms with van der Waals surface area (Å²) in [7, 11) is -1.94. The summed E-state index contributed by atoms with van der Waals surface area (Å²) in [6, 6.07) is 1.03. The summed E-state index contributed by atoms with van der Waals surface area (Å²) in [6.07, 6.45) is 13.5.